The zero-order chi connectivity index (χ0) is 22.8. The van der Waals surface area contributed by atoms with Gasteiger partial charge in [-0.15, -0.1) is 0 Å². The third-order valence-electron chi connectivity index (χ3n) is 5.30. The van der Waals surface area contributed by atoms with Crippen molar-refractivity contribution in [1.82, 2.24) is 14.5 Å². The molecule has 1 saturated carbocycles. The number of aliphatic hydroxyl groups excluding tert-OH is 2. The molecule has 1 heterocycles. The molecule has 3 N–H and O–H groups in total. The van der Waals surface area contributed by atoms with Crippen molar-refractivity contribution in [2.75, 3.05) is 6.54 Å². The molecule has 9 nitrogen and oxygen atoms in total. The van der Waals surface area contributed by atoms with Crippen LogP contribution in [0.25, 0.3) is 0 Å². The van der Waals surface area contributed by atoms with Gasteiger partial charge in [-0.25, -0.2) is 9.59 Å². The average Bonchev–Trinajstić information content (AvgIpc) is 2.95. The second-order valence-electron chi connectivity index (χ2n) is 8.91. The monoisotopic (exact) mass is 431 g/mol. The number of benzene rings is 1. The van der Waals surface area contributed by atoms with Gasteiger partial charge in [0.25, 0.3) is 5.56 Å². The Morgan fingerprint density at radius 2 is 1.84 bits per heavy atom. The number of H-pyrrole nitrogens is 1. The van der Waals surface area contributed by atoms with Crippen LogP contribution in [0.15, 0.2) is 52.2 Å². The normalized spacial score (nSPS) is 23.5. The van der Waals surface area contributed by atoms with Crippen LogP contribution in [-0.4, -0.2) is 55.1 Å². The van der Waals surface area contributed by atoms with Gasteiger partial charge in [0.1, 0.15) is 11.7 Å². The predicted molar refractivity (Wildman–Crippen MR) is 114 cm³/mol. The van der Waals surface area contributed by atoms with Gasteiger partial charge in [0.05, 0.1) is 12.1 Å². The fourth-order valence-electron chi connectivity index (χ4n) is 3.86. The predicted octanol–water partition coefficient (Wildman–Crippen LogP) is 1.26. The van der Waals surface area contributed by atoms with Crippen LogP contribution >= 0.6 is 0 Å². The summed E-state index contributed by atoms with van der Waals surface area (Å²) in [6.45, 7) is 5.74. The first-order valence-electron chi connectivity index (χ1n) is 10.2. The number of nitrogens with one attached hydrogen (secondary N) is 1. The van der Waals surface area contributed by atoms with Crippen molar-refractivity contribution < 1.29 is 19.7 Å². The van der Waals surface area contributed by atoms with E-state index in [1.807, 2.05) is 30.3 Å². The highest BCUT2D eigenvalue weighted by Crippen LogP contribution is 2.35. The molecule has 0 radical (unpaired) electrons. The van der Waals surface area contributed by atoms with E-state index in [9.17, 15) is 24.6 Å². The first kappa shape index (κ1) is 22.8. The van der Waals surface area contributed by atoms with E-state index in [-0.39, 0.29) is 19.5 Å². The van der Waals surface area contributed by atoms with E-state index in [4.69, 9.17) is 4.74 Å². The van der Waals surface area contributed by atoms with E-state index in [1.165, 1.54) is 21.7 Å². The first-order chi connectivity index (χ1) is 14.5. The quantitative estimate of drug-likeness (QED) is 0.655. The molecule has 1 aromatic carbocycles. The van der Waals surface area contributed by atoms with Crippen molar-refractivity contribution in [2.24, 2.45) is 5.92 Å². The molecule has 0 aliphatic heterocycles. The number of amides is 1. The van der Waals surface area contributed by atoms with Crippen molar-refractivity contribution in [3.63, 3.8) is 0 Å². The van der Waals surface area contributed by atoms with Gasteiger partial charge >= 0.3 is 11.8 Å². The second-order valence-corrected chi connectivity index (χ2v) is 8.91. The van der Waals surface area contributed by atoms with Crippen molar-refractivity contribution in [3.8, 4) is 0 Å². The van der Waals surface area contributed by atoms with E-state index >= 15 is 0 Å². The number of hydrogen-bond donors (Lipinski definition) is 3. The lowest BCUT2D eigenvalue weighted by atomic mass is 10.0. The van der Waals surface area contributed by atoms with E-state index in [2.05, 4.69) is 4.98 Å². The molecule has 0 spiro atoms. The van der Waals surface area contributed by atoms with Crippen LogP contribution in [0.4, 0.5) is 4.79 Å². The maximum Gasteiger partial charge on any atom is 0.410 e. The summed E-state index contributed by atoms with van der Waals surface area (Å²) in [6.07, 6.45) is -1.33. The lowest BCUT2D eigenvalue weighted by molar-refractivity contribution is -0.00896. The van der Waals surface area contributed by atoms with Crippen molar-refractivity contribution in [1.29, 1.82) is 0 Å². The molecule has 4 atom stereocenters. The SMILES string of the molecule is CC(C)(C)OC(=O)N(Cc1ccccc1)C[C@@H]1C[C@@H](n2ccc(=O)[nH]c2=O)[C@@H](O)[C@@H]1O. The Bertz CT molecular complexity index is 1010. The molecule has 168 valence electrons. The number of carbonyl (C=O) groups is 1. The number of aromatic amines is 1. The van der Waals surface area contributed by atoms with Crippen molar-refractivity contribution in [2.45, 2.75) is 57.6 Å². The van der Waals surface area contributed by atoms with Crippen molar-refractivity contribution in [3.05, 3.63) is 69.0 Å². The van der Waals surface area contributed by atoms with Gasteiger partial charge in [0.2, 0.25) is 0 Å². The third kappa shape index (κ3) is 5.62. The molecule has 0 bridgehead atoms. The summed E-state index contributed by atoms with van der Waals surface area (Å²) in [6, 6.07) is 9.87. The summed E-state index contributed by atoms with van der Waals surface area (Å²) >= 11 is 0. The maximum atomic E-state index is 12.8. The van der Waals surface area contributed by atoms with Crippen LogP contribution in [0.1, 0.15) is 38.8 Å². The molecule has 1 amide bonds. The topological polar surface area (TPSA) is 125 Å². The standard InChI is InChI=1S/C22H29N3O6/c1-22(2,3)31-21(30)24(12-14-7-5-4-6-8-14)13-15-11-16(19(28)18(15)27)25-10-9-17(26)23-20(25)29/h4-10,15-16,18-19,27-28H,11-13H2,1-3H3,(H,23,26,29)/t15-,16+,18+,19+/m0/s1. The summed E-state index contributed by atoms with van der Waals surface area (Å²) in [5, 5.41) is 21.2. The number of hydrogen-bond acceptors (Lipinski definition) is 6. The van der Waals surface area contributed by atoms with Gasteiger partial charge in [-0.05, 0) is 32.8 Å². The molecular formula is C22H29N3O6. The summed E-state index contributed by atoms with van der Waals surface area (Å²) in [4.78, 5) is 40.0. The van der Waals surface area contributed by atoms with Crippen LogP contribution in [-0.2, 0) is 11.3 Å². The minimum absolute atomic E-state index is 0.136. The number of carbonyl (C=O) groups excluding carboxylic acids is 1. The third-order valence-corrected chi connectivity index (χ3v) is 5.30. The van der Waals surface area contributed by atoms with Crippen LogP contribution in [0.5, 0.6) is 0 Å². The van der Waals surface area contributed by atoms with Crippen molar-refractivity contribution >= 4 is 6.09 Å². The van der Waals surface area contributed by atoms with E-state index in [0.717, 1.165) is 5.56 Å². The van der Waals surface area contributed by atoms with Crippen LogP contribution < -0.4 is 11.2 Å². The smallest absolute Gasteiger partial charge is 0.410 e. The minimum Gasteiger partial charge on any atom is -0.444 e. The van der Waals surface area contributed by atoms with E-state index < -0.39 is 47.1 Å². The second kappa shape index (κ2) is 9.07. The molecule has 0 unspecified atom stereocenters. The highest BCUT2D eigenvalue weighted by Gasteiger charge is 2.44. The average molecular weight is 431 g/mol. The van der Waals surface area contributed by atoms with E-state index in [0.29, 0.717) is 0 Å². The number of aromatic nitrogens is 2. The Morgan fingerprint density at radius 1 is 1.16 bits per heavy atom. The zero-order valence-corrected chi connectivity index (χ0v) is 17.9. The molecule has 1 aromatic heterocycles. The number of rotatable bonds is 5. The van der Waals surface area contributed by atoms with Crippen LogP contribution in [0.3, 0.4) is 0 Å². The Morgan fingerprint density at radius 3 is 2.45 bits per heavy atom. The maximum absolute atomic E-state index is 12.8. The Hall–Kier alpha value is -2.91. The van der Waals surface area contributed by atoms with Gasteiger partial charge < -0.3 is 19.8 Å². The molecule has 3 rings (SSSR count). The Kier molecular flexibility index (Phi) is 6.66. The molecule has 1 aliphatic carbocycles. The number of ether oxygens (including phenoxy) is 1. The van der Waals surface area contributed by atoms with Gasteiger partial charge in [-0.1, -0.05) is 30.3 Å². The fourth-order valence-corrected chi connectivity index (χ4v) is 3.86. The molecule has 1 aliphatic rings. The zero-order valence-electron chi connectivity index (χ0n) is 17.9. The van der Waals surface area contributed by atoms with Crippen LogP contribution in [0, 0.1) is 5.92 Å². The molecule has 9 heteroatoms. The van der Waals surface area contributed by atoms with Gasteiger partial charge in [-0.2, -0.15) is 0 Å². The molecule has 31 heavy (non-hydrogen) atoms. The highest BCUT2D eigenvalue weighted by molar-refractivity contribution is 5.68. The first-order valence-corrected chi connectivity index (χ1v) is 10.2. The Balaban J connectivity index is 1.81. The number of aliphatic hydroxyl groups is 2. The summed E-state index contributed by atoms with van der Waals surface area (Å²) in [5.41, 5.74) is -0.983. The highest BCUT2D eigenvalue weighted by atomic mass is 16.6. The summed E-state index contributed by atoms with van der Waals surface area (Å²) < 4.78 is 6.75. The van der Waals surface area contributed by atoms with Gasteiger partial charge in [0.15, 0.2) is 0 Å². The lowest BCUT2D eigenvalue weighted by Gasteiger charge is -2.30. The number of nitrogens with zero attached hydrogens (tertiary/aromatic N) is 2. The lowest BCUT2D eigenvalue weighted by Crippen LogP contribution is -2.41. The molecule has 1 fully saturated rings. The molecular weight excluding hydrogens is 402 g/mol. The molecule has 0 saturated heterocycles. The van der Waals surface area contributed by atoms with Gasteiger partial charge in [-0.3, -0.25) is 14.3 Å². The summed E-state index contributed by atoms with van der Waals surface area (Å²) in [5.74, 6) is -0.491. The Labute approximate surface area is 179 Å². The fraction of sp³-hybridized carbons (Fsp3) is 0.500. The summed E-state index contributed by atoms with van der Waals surface area (Å²) in [7, 11) is 0. The van der Waals surface area contributed by atoms with Crippen LogP contribution in [0.2, 0.25) is 0 Å². The van der Waals surface area contributed by atoms with E-state index in [1.54, 1.807) is 20.8 Å². The minimum atomic E-state index is -1.22. The van der Waals surface area contributed by atoms with Gasteiger partial charge in [0, 0.05) is 31.3 Å². The molecule has 2 aromatic rings. The largest absolute Gasteiger partial charge is 0.444 e.